The zero-order valence-corrected chi connectivity index (χ0v) is 13.3. The van der Waals surface area contributed by atoms with E-state index in [1.807, 2.05) is 35.2 Å². The fourth-order valence-corrected chi connectivity index (χ4v) is 3.12. The lowest BCUT2D eigenvalue weighted by molar-refractivity contribution is 0.251. The van der Waals surface area contributed by atoms with Crippen molar-refractivity contribution in [3.8, 4) is 11.5 Å². The van der Waals surface area contributed by atoms with Gasteiger partial charge >= 0.3 is 0 Å². The molecule has 22 heavy (non-hydrogen) atoms. The van der Waals surface area contributed by atoms with Gasteiger partial charge in [-0.25, -0.2) is 4.98 Å². The van der Waals surface area contributed by atoms with E-state index in [1.54, 1.807) is 11.3 Å². The van der Waals surface area contributed by atoms with Crippen LogP contribution in [0, 0.1) is 5.92 Å². The molecule has 4 nitrogen and oxygen atoms in total. The van der Waals surface area contributed by atoms with Gasteiger partial charge in [0.15, 0.2) is 11.5 Å². The van der Waals surface area contributed by atoms with E-state index in [2.05, 4.69) is 9.88 Å². The van der Waals surface area contributed by atoms with Crippen LogP contribution in [-0.2, 0) is 6.61 Å². The molecule has 5 heteroatoms. The summed E-state index contributed by atoms with van der Waals surface area (Å²) >= 11 is 1.58. The van der Waals surface area contributed by atoms with Crippen molar-refractivity contribution < 1.29 is 9.47 Å². The van der Waals surface area contributed by atoms with Crippen LogP contribution in [-0.4, -0.2) is 35.6 Å². The summed E-state index contributed by atoms with van der Waals surface area (Å²) in [5.41, 5.74) is 2.78. The fourth-order valence-electron chi connectivity index (χ4n) is 2.57. The predicted molar refractivity (Wildman–Crippen MR) is 86.5 cm³/mol. The second-order valence-electron chi connectivity index (χ2n) is 6.08. The summed E-state index contributed by atoms with van der Waals surface area (Å²) < 4.78 is 11.8. The first-order chi connectivity index (χ1) is 10.9. The lowest BCUT2D eigenvalue weighted by atomic mass is 10.3. The van der Waals surface area contributed by atoms with Gasteiger partial charge in [0.2, 0.25) is 0 Å². The fraction of sp³-hybridized carbons (Fsp3) is 0.471. The largest absolute Gasteiger partial charge is 0.488 e. The van der Waals surface area contributed by atoms with Crippen molar-refractivity contribution in [3.63, 3.8) is 0 Å². The first-order valence-corrected chi connectivity index (χ1v) is 8.78. The van der Waals surface area contributed by atoms with Gasteiger partial charge in [-0.05, 0) is 30.9 Å². The molecule has 1 saturated heterocycles. The molecule has 1 aliphatic carbocycles. The number of hydrogen-bond acceptors (Lipinski definition) is 5. The van der Waals surface area contributed by atoms with Crippen LogP contribution in [0.5, 0.6) is 11.5 Å². The minimum Gasteiger partial charge on any atom is -0.488 e. The second kappa shape index (κ2) is 6.26. The van der Waals surface area contributed by atoms with Crippen molar-refractivity contribution >= 4 is 11.3 Å². The Hall–Kier alpha value is -1.59. The summed E-state index contributed by atoms with van der Waals surface area (Å²) in [4.78, 5) is 6.74. The summed E-state index contributed by atoms with van der Waals surface area (Å²) in [5.74, 6) is 2.58. The number of rotatable bonds is 8. The number of ether oxygens (including phenoxy) is 2. The van der Waals surface area contributed by atoms with E-state index in [9.17, 15) is 0 Å². The molecule has 0 radical (unpaired) electrons. The zero-order valence-electron chi connectivity index (χ0n) is 12.5. The molecule has 1 aromatic heterocycles. The normalized spacial score (nSPS) is 23.3. The highest BCUT2D eigenvalue weighted by Crippen LogP contribution is 2.34. The Kier molecular flexibility index (Phi) is 3.99. The third-order valence-electron chi connectivity index (χ3n) is 4.16. The molecule has 2 aliphatic rings. The lowest BCUT2D eigenvalue weighted by Crippen LogP contribution is -2.13. The molecular weight excluding hydrogens is 296 g/mol. The third kappa shape index (κ3) is 3.59. The first-order valence-electron chi connectivity index (χ1n) is 7.84. The van der Waals surface area contributed by atoms with Gasteiger partial charge in [0, 0.05) is 18.5 Å². The van der Waals surface area contributed by atoms with Crippen LogP contribution in [0.15, 0.2) is 35.2 Å². The molecule has 4 rings (SSSR count). The quantitative estimate of drug-likeness (QED) is 0.701. The predicted octanol–water partition coefficient (Wildman–Crippen LogP) is 3.20. The van der Waals surface area contributed by atoms with Gasteiger partial charge in [-0.2, -0.15) is 0 Å². The van der Waals surface area contributed by atoms with E-state index in [1.165, 1.54) is 25.9 Å². The summed E-state index contributed by atoms with van der Waals surface area (Å²) in [7, 11) is 0. The van der Waals surface area contributed by atoms with Crippen molar-refractivity contribution in [3.05, 3.63) is 40.8 Å². The number of benzene rings is 1. The molecule has 0 bridgehead atoms. The Morgan fingerprint density at radius 1 is 1.18 bits per heavy atom. The molecule has 1 aliphatic heterocycles. The highest BCUT2D eigenvalue weighted by molar-refractivity contribution is 7.07. The highest BCUT2D eigenvalue weighted by atomic mass is 32.1. The van der Waals surface area contributed by atoms with Gasteiger partial charge in [0.25, 0.3) is 0 Å². The van der Waals surface area contributed by atoms with Gasteiger partial charge in [-0.15, -0.1) is 11.3 Å². The standard InChI is InChI=1S/C17H20N2O2S/c1-2-4-17(16(3-1)20-9-14-11-22-12-18-14)21-10-15-8-19(15)7-13-5-6-13/h1-4,11-13,15H,5-10H2. The van der Waals surface area contributed by atoms with E-state index in [-0.39, 0.29) is 0 Å². The Morgan fingerprint density at radius 2 is 2.00 bits per heavy atom. The van der Waals surface area contributed by atoms with Crippen LogP contribution < -0.4 is 9.47 Å². The summed E-state index contributed by atoms with van der Waals surface area (Å²) in [6.45, 7) is 3.68. The monoisotopic (exact) mass is 316 g/mol. The van der Waals surface area contributed by atoms with Gasteiger partial charge in [0.05, 0.1) is 17.2 Å². The molecule has 116 valence electrons. The first kappa shape index (κ1) is 14.0. The van der Waals surface area contributed by atoms with Crippen molar-refractivity contribution in [2.75, 3.05) is 19.7 Å². The molecule has 2 fully saturated rings. The third-order valence-corrected chi connectivity index (χ3v) is 4.79. The van der Waals surface area contributed by atoms with E-state index in [4.69, 9.17) is 9.47 Å². The molecule has 2 heterocycles. The summed E-state index contributed by atoms with van der Waals surface area (Å²) in [6, 6.07) is 8.48. The minimum absolute atomic E-state index is 0.487. The summed E-state index contributed by atoms with van der Waals surface area (Å²) in [6.07, 6.45) is 2.83. The van der Waals surface area contributed by atoms with E-state index < -0.39 is 0 Å². The van der Waals surface area contributed by atoms with Gasteiger partial charge in [-0.3, -0.25) is 4.90 Å². The van der Waals surface area contributed by atoms with E-state index >= 15 is 0 Å². The smallest absolute Gasteiger partial charge is 0.161 e. The summed E-state index contributed by atoms with van der Waals surface area (Å²) in [5, 5.41) is 2.00. The Morgan fingerprint density at radius 3 is 2.73 bits per heavy atom. The van der Waals surface area contributed by atoms with Crippen LogP contribution in [0.3, 0.4) is 0 Å². The number of aromatic nitrogens is 1. The number of hydrogen-bond donors (Lipinski definition) is 0. The number of para-hydroxylation sites is 2. The highest BCUT2D eigenvalue weighted by Gasteiger charge is 2.38. The van der Waals surface area contributed by atoms with Crippen molar-refractivity contribution in [1.29, 1.82) is 0 Å². The van der Waals surface area contributed by atoms with Crippen LogP contribution in [0.4, 0.5) is 0 Å². The van der Waals surface area contributed by atoms with Crippen LogP contribution in [0.25, 0.3) is 0 Å². The second-order valence-corrected chi connectivity index (χ2v) is 6.80. The molecule has 0 spiro atoms. The topological polar surface area (TPSA) is 34.4 Å². The Bertz CT molecular complexity index is 613. The maximum Gasteiger partial charge on any atom is 0.161 e. The number of nitrogens with zero attached hydrogens (tertiary/aromatic N) is 2. The molecule has 2 unspecified atom stereocenters. The molecular formula is C17H20N2O2S. The molecule has 1 aromatic carbocycles. The van der Waals surface area contributed by atoms with Gasteiger partial charge < -0.3 is 9.47 Å². The lowest BCUT2D eigenvalue weighted by Gasteiger charge is -2.12. The Labute approximate surface area is 134 Å². The van der Waals surface area contributed by atoms with Crippen LogP contribution >= 0.6 is 11.3 Å². The SMILES string of the molecule is c1ccc(OCC2CN2CC2CC2)c(OCc2cscn2)c1. The minimum atomic E-state index is 0.487. The average molecular weight is 316 g/mol. The molecule has 1 saturated carbocycles. The molecule has 0 amide bonds. The van der Waals surface area contributed by atoms with Crippen molar-refractivity contribution in [2.24, 2.45) is 5.92 Å². The molecule has 0 N–H and O–H groups in total. The number of thiazole rings is 1. The van der Waals surface area contributed by atoms with Gasteiger partial charge in [-0.1, -0.05) is 12.1 Å². The van der Waals surface area contributed by atoms with Crippen LogP contribution in [0.2, 0.25) is 0 Å². The zero-order chi connectivity index (χ0) is 14.8. The van der Waals surface area contributed by atoms with Crippen LogP contribution in [0.1, 0.15) is 18.5 Å². The van der Waals surface area contributed by atoms with E-state index in [0.29, 0.717) is 12.6 Å². The maximum absolute atomic E-state index is 5.98. The average Bonchev–Trinajstić information content (AvgIpc) is 3.45. The molecule has 2 aromatic rings. The van der Waals surface area contributed by atoms with Gasteiger partial charge in [0.1, 0.15) is 13.2 Å². The van der Waals surface area contributed by atoms with E-state index in [0.717, 1.165) is 29.7 Å². The molecule has 2 atom stereocenters. The van der Waals surface area contributed by atoms with Crippen molar-refractivity contribution in [1.82, 2.24) is 9.88 Å². The van der Waals surface area contributed by atoms with Crippen molar-refractivity contribution in [2.45, 2.75) is 25.5 Å². The maximum atomic E-state index is 5.98. The Balaban J connectivity index is 1.29.